The van der Waals surface area contributed by atoms with E-state index in [1.165, 1.54) is 45.8 Å². The van der Waals surface area contributed by atoms with Gasteiger partial charge in [-0.05, 0) is 24.1 Å². The van der Waals surface area contributed by atoms with Gasteiger partial charge in [0, 0.05) is 0 Å². The van der Waals surface area contributed by atoms with Gasteiger partial charge in [0.1, 0.15) is 13.6 Å². The average Bonchev–Trinajstić information content (AvgIpc) is 2.77. The summed E-state index contributed by atoms with van der Waals surface area (Å²) in [5.41, 5.74) is 1.32. The Kier molecular flexibility index (Phi) is 35.8. The van der Waals surface area contributed by atoms with Crippen LogP contribution >= 0.6 is 23.0 Å². The van der Waals surface area contributed by atoms with E-state index in [-0.39, 0.29) is 0 Å². The van der Waals surface area contributed by atoms with E-state index in [4.69, 9.17) is 9.59 Å². The molecule has 160 valence electrons. The lowest BCUT2D eigenvalue weighted by atomic mass is 10.1. The van der Waals surface area contributed by atoms with Gasteiger partial charge in [0.15, 0.2) is 23.0 Å². The predicted molar refractivity (Wildman–Crippen MR) is 127 cm³/mol. The number of benzene rings is 2. The predicted octanol–water partition coefficient (Wildman–Crippen LogP) is 7.12. The minimum atomic E-state index is -0.618. The molecule has 0 aliphatic carbocycles. The van der Waals surface area contributed by atoms with Gasteiger partial charge in [-0.3, -0.25) is 0 Å². The highest BCUT2D eigenvalue weighted by Gasteiger charge is 1.97. The van der Waals surface area contributed by atoms with Crippen molar-refractivity contribution < 1.29 is 22.2 Å². The average molecular weight is 506 g/mol. The fourth-order valence-electron chi connectivity index (χ4n) is 1.52. The summed E-state index contributed by atoms with van der Waals surface area (Å²) in [5, 5.41) is 2.64. The Morgan fingerprint density at radius 1 is 0.929 bits per heavy atom. The van der Waals surface area contributed by atoms with Crippen LogP contribution in [0.25, 0.3) is 10.8 Å². The van der Waals surface area contributed by atoms with Crippen LogP contribution in [-0.2, 0) is 17.4 Å². The van der Waals surface area contributed by atoms with Crippen LogP contribution in [0.4, 0.5) is 4.79 Å². The molecule has 0 saturated carbocycles. The summed E-state index contributed by atoms with van der Waals surface area (Å²) in [6.07, 6.45) is 1.46. The van der Waals surface area contributed by atoms with Gasteiger partial charge < -0.3 is 17.4 Å². The van der Waals surface area contributed by atoms with Crippen LogP contribution in [0.1, 0.15) is 53.0 Å². The third-order valence-electron chi connectivity index (χ3n) is 2.39. The number of rotatable bonds is 2. The first-order valence-corrected chi connectivity index (χ1v) is 9.95. The Bertz CT molecular complexity index is 574. The fraction of sp³-hybridized carbons (Fsp3) is 0.409. The van der Waals surface area contributed by atoms with Crippen molar-refractivity contribution in [1.29, 1.82) is 0 Å². The molecule has 0 spiro atoms. The summed E-state index contributed by atoms with van der Waals surface area (Å²) >= 11 is 1.48. The maximum absolute atomic E-state index is 10.1. The van der Waals surface area contributed by atoms with Gasteiger partial charge in [-0.2, -0.15) is 0 Å². The largest absolute Gasteiger partial charge is 0.517 e. The first-order chi connectivity index (χ1) is 13.6. The lowest BCUT2D eigenvalue weighted by Gasteiger charge is -1.96. The summed E-state index contributed by atoms with van der Waals surface area (Å²) in [7, 11) is 0. The number of carbonyl (C=O) groups excluding carboxylic acids is 3. The molecule has 0 bridgehead atoms. The van der Waals surface area contributed by atoms with E-state index in [1.54, 1.807) is 0 Å². The molecule has 0 atom stereocenters. The Morgan fingerprint density at radius 2 is 1.39 bits per heavy atom. The SMILES string of the molecule is C=O.C=O.CC.CCC.CCCOC(=O)OI.Cc1ccc2ccccc2c1. The molecule has 0 fully saturated rings. The van der Waals surface area contributed by atoms with Gasteiger partial charge in [0.05, 0.1) is 6.61 Å². The molecule has 0 unspecified atom stereocenters. The van der Waals surface area contributed by atoms with E-state index in [1.807, 2.05) is 34.3 Å². The molecule has 2 aromatic carbocycles. The molecule has 5 nitrogen and oxygen atoms in total. The first kappa shape index (κ1) is 33.6. The molecule has 0 heterocycles. The summed E-state index contributed by atoms with van der Waals surface area (Å²) < 4.78 is 8.63. The van der Waals surface area contributed by atoms with Crippen molar-refractivity contribution in [3.8, 4) is 0 Å². The third-order valence-corrected chi connectivity index (χ3v) is 2.75. The van der Waals surface area contributed by atoms with Crippen molar-refractivity contribution in [2.75, 3.05) is 6.61 Å². The van der Waals surface area contributed by atoms with Crippen molar-refractivity contribution in [3.05, 3.63) is 48.0 Å². The molecule has 0 amide bonds. The molecule has 0 aliphatic heterocycles. The second kappa shape index (κ2) is 29.8. The van der Waals surface area contributed by atoms with Crippen LogP contribution in [0.2, 0.25) is 0 Å². The van der Waals surface area contributed by atoms with Gasteiger partial charge in [-0.25, -0.2) is 4.79 Å². The number of hydrogen-bond acceptors (Lipinski definition) is 5. The summed E-state index contributed by atoms with van der Waals surface area (Å²) in [4.78, 5) is 26.1. The lowest BCUT2D eigenvalue weighted by molar-refractivity contribution is -0.0987. The zero-order chi connectivity index (χ0) is 22.8. The smallest absolute Gasteiger partial charge is 0.434 e. The van der Waals surface area contributed by atoms with Gasteiger partial charge in [-0.15, -0.1) is 0 Å². The van der Waals surface area contributed by atoms with Crippen LogP contribution in [0.5, 0.6) is 0 Å². The maximum atomic E-state index is 10.1. The first-order valence-electron chi connectivity index (χ1n) is 9.07. The van der Waals surface area contributed by atoms with Crippen molar-refractivity contribution in [2.24, 2.45) is 0 Å². The molecule has 6 heteroatoms. The van der Waals surface area contributed by atoms with Crippen molar-refractivity contribution >= 4 is 53.5 Å². The van der Waals surface area contributed by atoms with Gasteiger partial charge in [-0.1, -0.05) is 89.1 Å². The van der Waals surface area contributed by atoms with E-state index >= 15 is 0 Å². The second-order valence-corrected chi connectivity index (χ2v) is 5.17. The number of hydrogen-bond donors (Lipinski definition) is 0. The Balaban J connectivity index is -0.000000150. The minimum Gasteiger partial charge on any atom is -0.434 e. The molecule has 28 heavy (non-hydrogen) atoms. The molecular weight excluding hydrogens is 471 g/mol. The number of halogens is 1. The molecule has 2 rings (SSSR count). The molecule has 2 aromatic rings. The van der Waals surface area contributed by atoms with Gasteiger partial charge >= 0.3 is 6.16 Å². The lowest BCUT2D eigenvalue weighted by Crippen LogP contribution is -2.01. The van der Waals surface area contributed by atoms with E-state index in [9.17, 15) is 4.79 Å². The normalized spacial score (nSPS) is 7.54. The Labute approximate surface area is 184 Å². The standard InChI is InChI=1S/C11H10.C4H7IO3.C3H8.C2H6.2CH2O/c1-9-6-7-10-4-2-3-5-11(10)8-9;1-2-3-7-4(6)8-5;1-3-2;3*1-2/h2-8H,1H3;2-3H2,1H3;3H2,1-2H3;1-2H3;2*1H2. The molecule has 0 radical (unpaired) electrons. The van der Waals surface area contributed by atoms with E-state index < -0.39 is 6.16 Å². The van der Waals surface area contributed by atoms with Gasteiger partial charge in [0.25, 0.3) is 0 Å². The highest BCUT2D eigenvalue weighted by Crippen LogP contribution is 2.14. The van der Waals surface area contributed by atoms with Crippen LogP contribution in [0.3, 0.4) is 0 Å². The van der Waals surface area contributed by atoms with Crippen molar-refractivity contribution in [3.63, 3.8) is 0 Å². The molecule has 0 N–H and O–H groups in total. The van der Waals surface area contributed by atoms with Crippen LogP contribution < -0.4 is 0 Å². The van der Waals surface area contributed by atoms with Crippen molar-refractivity contribution in [1.82, 2.24) is 0 Å². The number of carbonyl (C=O) groups is 3. The zero-order valence-corrected chi connectivity index (χ0v) is 20.2. The second-order valence-electron chi connectivity index (χ2n) is 4.73. The van der Waals surface area contributed by atoms with E-state index in [0.29, 0.717) is 6.61 Å². The van der Waals surface area contributed by atoms with E-state index in [2.05, 4.69) is 71.0 Å². The monoisotopic (exact) mass is 506 g/mol. The highest BCUT2D eigenvalue weighted by molar-refractivity contribution is 14.1. The van der Waals surface area contributed by atoms with Crippen LogP contribution in [0.15, 0.2) is 42.5 Å². The molecule has 0 aliphatic rings. The van der Waals surface area contributed by atoms with Gasteiger partial charge in [0.2, 0.25) is 0 Å². The molecule has 0 saturated heterocycles. The summed E-state index contributed by atoms with van der Waals surface area (Å²) in [6, 6.07) is 14.9. The Hall–Kier alpha value is -1.96. The summed E-state index contributed by atoms with van der Waals surface area (Å²) in [5.74, 6) is 0. The Morgan fingerprint density at radius 3 is 1.82 bits per heavy atom. The maximum Gasteiger partial charge on any atom is 0.517 e. The van der Waals surface area contributed by atoms with Crippen LogP contribution in [-0.4, -0.2) is 26.3 Å². The third kappa shape index (κ3) is 22.1. The zero-order valence-electron chi connectivity index (χ0n) is 18.0. The minimum absolute atomic E-state index is 0.432. The highest BCUT2D eigenvalue weighted by atomic mass is 127. The van der Waals surface area contributed by atoms with Crippen molar-refractivity contribution in [2.45, 2.75) is 54.4 Å². The summed E-state index contributed by atoms with van der Waals surface area (Å²) in [6.45, 7) is 16.7. The topological polar surface area (TPSA) is 69.7 Å². The van der Waals surface area contributed by atoms with E-state index in [0.717, 1.165) is 6.42 Å². The van der Waals surface area contributed by atoms with Crippen LogP contribution in [0, 0.1) is 6.92 Å². The number of fused-ring (bicyclic) bond motifs is 1. The number of aryl methyl sites for hydroxylation is 1. The molecule has 0 aromatic heterocycles. The molecular formula is C22H35IO5. The quantitative estimate of drug-likeness (QED) is 0.320. The fourth-order valence-corrected chi connectivity index (χ4v) is 1.64. The number of ether oxygens (including phenoxy) is 1.